The maximum atomic E-state index is 9.80. The molecule has 0 aliphatic carbocycles. The van der Waals surface area contributed by atoms with Crippen molar-refractivity contribution in [3.63, 3.8) is 0 Å². The largest absolute Gasteiger partial charge is 0.393 e. The van der Waals surface area contributed by atoms with E-state index in [4.69, 9.17) is 4.84 Å². The first kappa shape index (κ1) is 23.9. The van der Waals surface area contributed by atoms with Crippen LogP contribution in [0.5, 0.6) is 0 Å². The van der Waals surface area contributed by atoms with E-state index in [1.807, 2.05) is 12.0 Å². The van der Waals surface area contributed by atoms with Crippen LogP contribution in [0.3, 0.4) is 0 Å². The molecule has 2 aromatic carbocycles. The molecule has 0 bridgehead atoms. The van der Waals surface area contributed by atoms with Crippen molar-refractivity contribution < 1.29 is 9.94 Å². The average molecular weight is 426 g/mol. The number of benzene rings is 2. The smallest absolute Gasteiger partial charge is 0.0751 e. The Hall–Kier alpha value is -1.76. The third-order valence-corrected chi connectivity index (χ3v) is 5.99. The molecule has 2 atom stereocenters. The molecule has 1 aliphatic rings. The fourth-order valence-electron chi connectivity index (χ4n) is 4.02. The van der Waals surface area contributed by atoms with E-state index in [9.17, 15) is 5.11 Å². The van der Waals surface area contributed by atoms with Gasteiger partial charge in [0.2, 0.25) is 0 Å². The third kappa shape index (κ3) is 8.36. The Bertz CT molecular complexity index is 766. The molecule has 2 aromatic rings. The summed E-state index contributed by atoms with van der Waals surface area (Å²) in [6, 6.07) is 19.6. The van der Waals surface area contributed by atoms with Crippen LogP contribution in [0.2, 0.25) is 0 Å². The van der Waals surface area contributed by atoms with Crippen molar-refractivity contribution in [2.24, 2.45) is 5.92 Å². The highest BCUT2D eigenvalue weighted by molar-refractivity contribution is 5.23. The molecule has 31 heavy (non-hydrogen) atoms. The minimum Gasteiger partial charge on any atom is -0.393 e. The van der Waals surface area contributed by atoms with Gasteiger partial charge in [-0.3, -0.25) is 9.74 Å². The molecule has 0 spiro atoms. The Morgan fingerprint density at radius 3 is 2.45 bits per heavy atom. The first-order valence-electron chi connectivity index (χ1n) is 11.5. The zero-order chi connectivity index (χ0) is 22.1. The highest BCUT2D eigenvalue weighted by Crippen LogP contribution is 2.19. The summed E-state index contributed by atoms with van der Waals surface area (Å²) in [7, 11) is 4.28. The fraction of sp³-hybridized carbons (Fsp3) is 0.538. The normalized spacial score (nSPS) is 18.2. The van der Waals surface area contributed by atoms with Crippen LogP contribution in [-0.2, 0) is 24.3 Å². The molecule has 0 amide bonds. The minimum absolute atomic E-state index is 0.203. The highest BCUT2D eigenvalue weighted by Gasteiger charge is 2.27. The van der Waals surface area contributed by atoms with Gasteiger partial charge in [0.25, 0.3) is 0 Å². The Morgan fingerprint density at radius 2 is 1.74 bits per heavy atom. The number of likely N-dealkylation sites (N-methyl/N-ethyl adjacent to an activating group) is 1. The second-order valence-corrected chi connectivity index (χ2v) is 9.11. The van der Waals surface area contributed by atoms with Gasteiger partial charge in [-0.15, -0.1) is 0 Å². The number of aliphatic hydroxyl groups excluding tert-OH is 1. The van der Waals surface area contributed by atoms with E-state index < -0.39 is 0 Å². The molecule has 0 saturated carbocycles. The van der Waals surface area contributed by atoms with Gasteiger partial charge in [0.15, 0.2) is 0 Å². The van der Waals surface area contributed by atoms with Gasteiger partial charge in [-0.25, -0.2) is 0 Å². The van der Waals surface area contributed by atoms with Crippen LogP contribution in [0.4, 0.5) is 0 Å². The highest BCUT2D eigenvalue weighted by atomic mass is 16.7. The van der Waals surface area contributed by atoms with Crippen molar-refractivity contribution in [1.82, 2.24) is 14.9 Å². The molecule has 0 radical (unpaired) electrons. The SMILES string of the molecule is C[C@H](O)[C@@H]1CON(Cc2cccc(CN(CCCc3ccccc3)CCN(C)C)c2)C1. The quantitative estimate of drug-likeness (QED) is 0.564. The maximum Gasteiger partial charge on any atom is 0.0751 e. The monoisotopic (exact) mass is 425 g/mol. The molecule has 1 heterocycles. The minimum atomic E-state index is -0.322. The second-order valence-electron chi connectivity index (χ2n) is 9.11. The number of aryl methyl sites for hydroxylation is 1. The lowest BCUT2D eigenvalue weighted by molar-refractivity contribution is -0.117. The van der Waals surface area contributed by atoms with E-state index in [1.165, 1.54) is 23.1 Å². The van der Waals surface area contributed by atoms with E-state index in [0.717, 1.165) is 45.7 Å². The molecule has 0 unspecified atom stereocenters. The molecule has 0 aromatic heterocycles. The topological polar surface area (TPSA) is 39.2 Å². The zero-order valence-corrected chi connectivity index (χ0v) is 19.4. The van der Waals surface area contributed by atoms with Crippen molar-refractivity contribution >= 4 is 0 Å². The Balaban J connectivity index is 1.54. The molecule has 1 N–H and O–H groups in total. The van der Waals surface area contributed by atoms with Gasteiger partial charge in [-0.2, -0.15) is 5.06 Å². The summed E-state index contributed by atoms with van der Waals surface area (Å²) in [6.07, 6.45) is 1.97. The zero-order valence-electron chi connectivity index (χ0n) is 19.4. The summed E-state index contributed by atoms with van der Waals surface area (Å²) in [4.78, 5) is 10.6. The number of hydrogen-bond acceptors (Lipinski definition) is 5. The lowest BCUT2D eigenvalue weighted by Gasteiger charge is -2.25. The van der Waals surface area contributed by atoms with Crippen LogP contribution < -0.4 is 0 Å². The molecular formula is C26H39N3O2. The number of hydroxylamine groups is 2. The molecule has 170 valence electrons. The predicted octanol–water partition coefficient (Wildman–Crippen LogP) is 3.43. The molecule has 5 heteroatoms. The number of nitrogens with zero attached hydrogens (tertiary/aromatic N) is 3. The van der Waals surface area contributed by atoms with Crippen LogP contribution in [0, 0.1) is 5.92 Å². The molecule has 1 saturated heterocycles. The van der Waals surface area contributed by atoms with Crippen molar-refractivity contribution in [1.29, 1.82) is 0 Å². The number of rotatable bonds is 12. The van der Waals surface area contributed by atoms with E-state index in [-0.39, 0.29) is 12.0 Å². The Labute approximate surface area is 188 Å². The van der Waals surface area contributed by atoms with Crippen molar-refractivity contribution in [2.75, 3.05) is 46.9 Å². The summed E-state index contributed by atoms with van der Waals surface area (Å²) in [5.41, 5.74) is 4.03. The van der Waals surface area contributed by atoms with Gasteiger partial charge in [0, 0.05) is 38.6 Å². The summed E-state index contributed by atoms with van der Waals surface area (Å²) >= 11 is 0. The van der Waals surface area contributed by atoms with E-state index >= 15 is 0 Å². The van der Waals surface area contributed by atoms with E-state index in [1.54, 1.807) is 0 Å². The van der Waals surface area contributed by atoms with Crippen molar-refractivity contribution in [2.45, 2.75) is 39.0 Å². The summed E-state index contributed by atoms with van der Waals surface area (Å²) in [6.45, 7) is 8.20. The summed E-state index contributed by atoms with van der Waals surface area (Å²) in [5.74, 6) is 0.203. The second kappa shape index (κ2) is 12.3. The molecule has 3 rings (SSSR count). The van der Waals surface area contributed by atoms with Gasteiger partial charge in [-0.1, -0.05) is 54.6 Å². The first-order valence-corrected chi connectivity index (χ1v) is 11.5. The Kier molecular flexibility index (Phi) is 9.50. The van der Waals surface area contributed by atoms with E-state index in [0.29, 0.717) is 6.61 Å². The summed E-state index contributed by atoms with van der Waals surface area (Å²) < 4.78 is 0. The molecular weight excluding hydrogens is 386 g/mol. The molecule has 5 nitrogen and oxygen atoms in total. The maximum absolute atomic E-state index is 9.80. The van der Waals surface area contributed by atoms with E-state index in [2.05, 4.69) is 78.5 Å². The molecule has 1 fully saturated rings. The van der Waals surface area contributed by atoms with Crippen LogP contribution in [0.15, 0.2) is 54.6 Å². The third-order valence-electron chi connectivity index (χ3n) is 5.99. The van der Waals surface area contributed by atoms with Gasteiger partial charge in [0.05, 0.1) is 12.7 Å². The van der Waals surface area contributed by atoms with Gasteiger partial charge in [0.1, 0.15) is 0 Å². The lowest BCUT2D eigenvalue weighted by Crippen LogP contribution is -2.32. The van der Waals surface area contributed by atoms with Crippen LogP contribution in [0.1, 0.15) is 30.0 Å². The fourth-order valence-corrected chi connectivity index (χ4v) is 4.02. The molecule has 1 aliphatic heterocycles. The van der Waals surface area contributed by atoms with Crippen LogP contribution in [0.25, 0.3) is 0 Å². The van der Waals surface area contributed by atoms with Gasteiger partial charge < -0.3 is 10.0 Å². The lowest BCUT2D eigenvalue weighted by atomic mass is 10.1. The van der Waals surface area contributed by atoms with Crippen molar-refractivity contribution in [3.05, 3.63) is 71.3 Å². The first-order chi connectivity index (χ1) is 15.0. The van der Waals surface area contributed by atoms with Gasteiger partial charge in [-0.05, 0) is 57.1 Å². The average Bonchev–Trinajstić information content (AvgIpc) is 3.22. The van der Waals surface area contributed by atoms with Crippen LogP contribution >= 0.6 is 0 Å². The number of aliphatic hydroxyl groups is 1. The summed E-state index contributed by atoms with van der Waals surface area (Å²) in [5, 5.41) is 11.8. The standard InChI is InChI=1S/C26H39N3O2/c1-22(30)26-20-29(31-21-26)19-25-12-7-11-24(17-25)18-28(16-15-27(2)3)14-8-13-23-9-5-4-6-10-23/h4-7,9-12,17,22,26,30H,8,13-16,18-21H2,1-3H3/t22-,26-/m0/s1. The van der Waals surface area contributed by atoms with Gasteiger partial charge >= 0.3 is 0 Å². The van der Waals surface area contributed by atoms with Crippen molar-refractivity contribution in [3.8, 4) is 0 Å². The predicted molar refractivity (Wildman–Crippen MR) is 127 cm³/mol. The Morgan fingerprint density at radius 1 is 1.00 bits per heavy atom. The van der Waals surface area contributed by atoms with Crippen LogP contribution in [-0.4, -0.2) is 73.0 Å². The number of hydrogen-bond donors (Lipinski definition) is 1.